The number of carbonyl (C=O) groups excluding carboxylic acids is 1. The number of ether oxygens (including phenoxy) is 1. The summed E-state index contributed by atoms with van der Waals surface area (Å²) in [5.41, 5.74) is 3.27. The van der Waals surface area contributed by atoms with Crippen molar-refractivity contribution in [2.24, 2.45) is 7.05 Å². The van der Waals surface area contributed by atoms with Crippen molar-refractivity contribution in [3.05, 3.63) is 30.4 Å². The van der Waals surface area contributed by atoms with Gasteiger partial charge in [0.2, 0.25) is 0 Å². The number of rotatable bonds is 4. The quantitative estimate of drug-likeness (QED) is 0.463. The Hall–Kier alpha value is -3.10. The lowest BCUT2D eigenvalue weighted by Gasteiger charge is -2.34. The Kier molecular flexibility index (Phi) is 8.39. The molecule has 1 N–H and O–H groups in total. The van der Waals surface area contributed by atoms with Gasteiger partial charge in [0.05, 0.1) is 18.1 Å². The summed E-state index contributed by atoms with van der Waals surface area (Å²) < 4.78 is 9.37. The Balaban J connectivity index is 0.00000156. The minimum absolute atomic E-state index is 0.143. The summed E-state index contributed by atoms with van der Waals surface area (Å²) in [6.07, 6.45) is 13.6. The molecular formula is C28H43N7O2. The van der Waals surface area contributed by atoms with E-state index < -0.39 is 5.60 Å². The average molecular weight is 510 g/mol. The fourth-order valence-electron chi connectivity index (χ4n) is 5.22. The Morgan fingerprint density at radius 1 is 1.05 bits per heavy atom. The van der Waals surface area contributed by atoms with Crippen LogP contribution in [0.15, 0.2) is 24.7 Å². The van der Waals surface area contributed by atoms with Crippen LogP contribution < -0.4 is 5.32 Å². The van der Waals surface area contributed by atoms with Gasteiger partial charge in [0, 0.05) is 55.5 Å². The summed E-state index contributed by atoms with van der Waals surface area (Å²) in [6, 6.07) is 2.59. The third-order valence-corrected chi connectivity index (χ3v) is 6.96. The molecule has 1 amide bonds. The van der Waals surface area contributed by atoms with Crippen molar-refractivity contribution in [3.63, 3.8) is 0 Å². The number of fused-ring (bicyclic) bond motifs is 1. The Morgan fingerprint density at radius 3 is 2.49 bits per heavy atom. The summed E-state index contributed by atoms with van der Waals surface area (Å²) in [6.45, 7) is 11.0. The minimum Gasteiger partial charge on any atom is -0.444 e. The van der Waals surface area contributed by atoms with E-state index in [0.717, 1.165) is 41.1 Å². The first-order chi connectivity index (χ1) is 17.8. The van der Waals surface area contributed by atoms with Crippen molar-refractivity contribution in [1.29, 1.82) is 0 Å². The number of hydrogen-bond acceptors (Lipinski definition) is 6. The van der Waals surface area contributed by atoms with Gasteiger partial charge in [0.1, 0.15) is 11.4 Å². The molecule has 0 bridgehead atoms. The van der Waals surface area contributed by atoms with Crippen molar-refractivity contribution in [1.82, 2.24) is 29.3 Å². The number of amides is 1. The highest BCUT2D eigenvalue weighted by molar-refractivity contribution is 5.77. The standard InChI is InChI=1S/C26H37N7O2.C2H6/c1-26(2,3)35-25(34)32-12-8-9-18(17-32)22-13-23(29-20-10-6-5-7-11-20)33-24(30-22)21(15-28-33)19-14-27-31(4)16-19;1-2/h13-16,18,20,29H,5-12,17H2,1-4H3;1-2H3. The lowest BCUT2D eigenvalue weighted by Crippen LogP contribution is -2.42. The zero-order valence-corrected chi connectivity index (χ0v) is 23.3. The van der Waals surface area contributed by atoms with E-state index in [2.05, 4.69) is 16.5 Å². The molecule has 202 valence electrons. The van der Waals surface area contributed by atoms with Crippen molar-refractivity contribution in [2.75, 3.05) is 18.4 Å². The molecule has 2 fully saturated rings. The van der Waals surface area contributed by atoms with E-state index in [1.54, 1.807) is 4.68 Å². The molecule has 1 unspecified atom stereocenters. The molecule has 2 aliphatic rings. The van der Waals surface area contributed by atoms with Gasteiger partial charge in [-0.1, -0.05) is 33.1 Å². The molecule has 0 spiro atoms. The molecule has 5 rings (SSSR count). The predicted molar refractivity (Wildman–Crippen MR) is 147 cm³/mol. The van der Waals surface area contributed by atoms with Crippen molar-refractivity contribution in [2.45, 2.75) is 97.1 Å². The summed E-state index contributed by atoms with van der Waals surface area (Å²) >= 11 is 0. The van der Waals surface area contributed by atoms with Crippen LogP contribution in [-0.2, 0) is 11.8 Å². The van der Waals surface area contributed by atoms with Crippen LogP contribution in [0.3, 0.4) is 0 Å². The topological polar surface area (TPSA) is 89.6 Å². The molecule has 1 atom stereocenters. The maximum absolute atomic E-state index is 12.8. The van der Waals surface area contributed by atoms with Crippen molar-refractivity contribution in [3.8, 4) is 11.1 Å². The largest absolute Gasteiger partial charge is 0.444 e. The number of nitrogens with one attached hydrogen (secondary N) is 1. The highest BCUT2D eigenvalue weighted by Crippen LogP contribution is 2.32. The summed E-state index contributed by atoms with van der Waals surface area (Å²) in [4.78, 5) is 19.7. The first kappa shape index (κ1) is 26.9. The first-order valence-electron chi connectivity index (χ1n) is 13.9. The molecule has 3 aromatic heterocycles. The molecule has 3 aromatic rings. The molecule has 0 radical (unpaired) electrons. The predicted octanol–water partition coefficient (Wildman–Crippen LogP) is 6.02. The highest BCUT2D eigenvalue weighted by Gasteiger charge is 2.30. The molecule has 1 aliphatic carbocycles. The number of hydrogen-bond donors (Lipinski definition) is 1. The highest BCUT2D eigenvalue weighted by atomic mass is 16.6. The van der Waals surface area contributed by atoms with Crippen LogP contribution in [0.2, 0.25) is 0 Å². The van der Waals surface area contributed by atoms with Gasteiger partial charge in [0.15, 0.2) is 5.65 Å². The number of nitrogens with zero attached hydrogens (tertiary/aromatic N) is 6. The van der Waals surface area contributed by atoms with E-state index in [9.17, 15) is 4.79 Å². The minimum atomic E-state index is -0.505. The number of aromatic nitrogens is 5. The lowest BCUT2D eigenvalue weighted by molar-refractivity contribution is 0.0197. The van der Waals surface area contributed by atoms with Gasteiger partial charge in [-0.15, -0.1) is 0 Å². The number of likely N-dealkylation sites (tertiary alicyclic amines) is 1. The molecule has 37 heavy (non-hydrogen) atoms. The van der Waals surface area contributed by atoms with E-state index in [-0.39, 0.29) is 12.0 Å². The Bertz CT molecular complexity index is 1190. The fourth-order valence-corrected chi connectivity index (χ4v) is 5.22. The van der Waals surface area contributed by atoms with Crippen molar-refractivity contribution >= 4 is 17.6 Å². The van der Waals surface area contributed by atoms with E-state index in [1.165, 1.54) is 32.1 Å². The zero-order valence-electron chi connectivity index (χ0n) is 23.3. The number of aryl methyl sites for hydroxylation is 1. The molecule has 1 aliphatic heterocycles. The monoisotopic (exact) mass is 509 g/mol. The Morgan fingerprint density at radius 2 is 1.81 bits per heavy atom. The average Bonchev–Trinajstić information content (AvgIpc) is 3.51. The number of anilines is 1. The van der Waals surface area contributed by atoms with Crippen LogP contribution in [0.4, 0.5) is 10.6 Å². The second kappa shape index (κ2) is 11.5. The second-order valence-corrected chi connectivity index (χ2v) is 11.0. The molecule has 0 aromatic carbocycles. The van der Waals surface area contributed by atoms with E-state index >= 15 is 0 Å². The van der Waals surface area contributed by atoms with E-state index in [1.807, 2.05) is 69.7 Å². The van der Waals surface area contributed by atoms with Gasteiger partial charge in [-0.2, -0.15) is 14.7 Å². The third-order valence-electron chi connectivity index (χ3n) is 6.96. The van der Waals surface area contributed by atoms with Crippen LogP contribution in [0.1, 0.15) is 91.2 Å². The number of carbonyl (C=O) groups is 1. The summed E-state index contributed by atoms with van der Waals surface area (Å²) in [7, 11) is 1.91. The van der Waals surface area contributed by atoms with Gasteiger partial charge in [0.25, 0.3) is 0 Å². The van der Waals surface area contributed by atoms with Crippen LogP contribution in [0, 0.1) is 0 Å². The number of piperidine rings is 1. The fraction of sp³-hybridized carbons (Fsp3) is 0.643. The van der Waals surface area contributed by atoms with Crippen LogP contribution in [0.25, 0.3) is 16.8 Å². The molecule has 9 nitrogen and oxygen atoms in total. The van der Waals surface area contributed by atoms with Crippen molar-refractivity contribution < 1.29 is 9.53 Å². The first-order valence-corrected chi connectivity index (χ1v) is 13.9. The molecule has 4 heterocycles. The molecule has 9 heteroatoms. The van der Waals surface area contributed by atoms with Gasteiger partial charge < -0.3 is 15.0 Å². The van der Waals surface area contributed by atoms with Crippen LogP contribution >= 0.6 is 0 Å². The molecule has 1 saturated heterocycles. The van der Waals surface area contributed by atoms with Gasteiger partial charge in [-0.3, -0.25) is 4.68 Å². The van der Waals surface area contributed by atoms with Gasteiger partial charge in [-0.05, 0) is 46.5 Å². The SMILES string of the molecule is CC.Cn1cc(-c2cnn3c(NC4CCCCC4)cc(C4CCCN(C(=O)OC(C)(C)C)C4)nc23)cn1. The maximum Gasteiger partial charge on any atom is 0.410 e. The third kappa shape index (κ3) is 6.43. The van der Waals surface area contributed by atoms with Crippen LogP contribution in [-0.4, -0.2) is 60.1 Å². The maximum atomic E-state index is 12.8. The van der Waals surface area contributed by atoms with Gasteiger partial charge in [-0.25, -0.2) is 9.78 Å². The summed E-state index contributed by atoms with van der Waals surface area (Å²) in [5, 5.41) is 12.8. The normalized spacial score (nSPS) is 18.9. The van der Waals surface area contributed by atoms with Crippen LogP contribution in [0.5, 0.6) is 0 Å². The van der Waals surface area contributed by atoms with E-state index in [4.69, 9.17) is 14.8 Å². The smallest absolute Gasteiger partial charge is 0.410 e. The lowest BCUT2D eigenvalue weighted by atomic mass is 9.94. The molecular weight excluding hydrogens is 466 g/mol. The second-order valence-electron chi connectivity index (χ2n) is 11.0. The van der Waals surface area contributed by atoms with Gasteiger partial charge >= 0.3 is 6.09 Å². The molecule has 1 saturated carbocycles. The Labute approximate surface area is 220 Å². The zero-order chi connectivity index (χ0) is 26.6. The van der Waals surface area contributed by atoms with E-state index in [0.29, 0.717) is 19.1 Å². The summed E-state index contributed by atoms with van der Waals surface area (Å²) in [5.74, 6) is 1.12.